The van der Waals surface area contributed by atoms with E-state index in [1.54, 1.807) is 6.20 Å². The predicted molar refractivity (Wildman–Crippen MR) is 74.2 cm³/mol. The standard InChI is InChI=1S/C13H21N5/c1-9-7-18(8-10(2)17(9)3)11-5-4-6-16-12(11)13(14)15/h4-6,9-10H,7-8H2,1-3H3,(H3,14,15). The first kappa shape index (κ1) is 12.8. The number of anilines is 1. The van der Waals surface area contributed by atoms with Crippen LogP contribution >= 0.6 is 0 Å². The SMILES string of the molecule is CC1CN(c2cccnc2C(=N)N)CC(C)N1C. The number of likely N-dealkylation sites (N-methyl/N-ethyl adjacent to an activating group) is 1. The highest BCUT2D eigenvalue weighted by atomic mass is 15.3. The Bertz CT molecular complexity index is 433. The molecule has 3 N–H and O–H groups in total. The molecule has 2 unspecified atom stereocenters. The van der Waals surface area contributed by atoms with E-state index in [0.717, 1.165) is 18.8 Å². The van der Waals surface area contributed by atoms with Gasteiger partial charge in [-0.1, -0.05) is 0 Å². The molecule has 0 aliphatic carbocycles. The number of hydrogen-bond acceptors (Lipinski definition) is 4. The van der Waals surface area contributed by atoms with Gasteiger partial charge in [-0.3, -0.25) is 15.3 Å². The first-order valence-electron chi connectivity index (χ1n) is 6.27. The van der Waals surface area contributed by atoms with Gasteiger partial charge in [0.25, 0.3) is 0 Å². The second-order valence-electron chi connectivity index (χ2n) is 5.05. The predicted octanol–water partition coefficient (Wildman–Crippen LogP) is 0.894. The molecule has 2 rings (SSSR count). The molecular formula is C13H21N5. The highest BCUT2D eigenvalue weighted by Gasteiger charge is 2.28. The molecule has 2 heterocycles. The molecule has 0 radical (unpaired) electrons. The van der Waals surface area contributed by atoms with E-state index in [1.165, 1.54) is 0 Å². The van der Waals surface area contributed by atoms with Gasteiger partial charge in [0.2, 0.25) is 0 Å². The lowest BCUT2D eigenvalue weighted by atomic mass is 10.1. The Balaban J connectivity index is 2.30. The van der Waals surface area contributed by atoms with Crippen molar-refractivity contribution in [3.8, 4) is 0 Å². The van der Waals surface area contributed by atoms with E-state index < -0.39 is 0 Å². The molecule has 0 bridgehead atoms. The van der Waals surface area contributed by atoms with Crippen LogP contribution in [-0.4, -0.2) is 47.9 Å². The third-order valence-electron chi connectivity index (χ3n) is 3.74. The molecule has 0 saturated carbocycles. The van der Waals surface area contributed by atoms with Crippen molar-refractivity contribution in [1.29, 1.82) is 5.41 Å². The van der Waals surface area contributed by atoms with E-state index in [1.807, 2.05) is 12.1 Å². The topological polar surface area (TPSA) is 69.2 Å². The van der Waals surface area contributed by atoms with Gasteiger partial charge in [0.15, 0.2) is 0 Å². The number of nitrogens with zero attached hydrogens (tertiary/aromatic N) is 3. The fourth-order valence-corrected chi connectivity index (χ4v) is 2.46. The quantitative estimate of drug-likeness (QED) is 0.601. The lowest BCUT2D eigenvalue weighted by molar-refractivity contribution is 0.170. The molecule has 18 heavy (non-hydrogen) atoms. The molecule has 2 atom stereocenters. The number of amidine groups is 1. The molecule has 1 aromatic heterocycles. The van der Waals surface area contributed by atoms with Gasteiger partial charge in [0, 0.05) is 31.4 Å². The Hall–Kier alpha value is -1.62. The van der Waals surface area contributed by atoms with Crippen molar-refractivity contribution >= 4 is 11.5 Å². The summed E-state index contributed by atoms with van der Waals surface area (Å²) in [5.74, 6) is 0.0323. The number of hydrogen-bond donors (Lipinski definition) is 2. The van der Waals surface area contributed by atoms with Gasteiger partial charge in [0.1, 0.15) is 11.5 Å². The molecule has 0 spiro atoms. The molecule has 1 saturated heterocycles. The average molecular weight is 247 g/mol. The van der Waals surface area contributed by atoms with Crippen LogP contribution in [0.1, 0.15) is 19.5 Å². The van der Waals surface area contributed by atoms with E-state index in [-0.39, 0.29) is 5.84 Å². The molecule has 0 aromatic carbocycles. The van der Waals surface area contributed by atoms with Crippen LogP contribution < -0.4 is 10.6 Å². The Kier molecular flexibility index (Phi) is 3.52. The first-order valence-corrected chi connectivity index (χ1v) is 6.27. The van der Waals surface area contributed by atoms with Crippen LogP contribution in [0.5, 0.6) is 0 Å². The van der Waals surface area contributed by atoms with E-state index in [0.29, 0.717) is 17.8 Å². The van der Waals surface area contributed by atoms with Crippen molar-refractivity contribution in [3.05, 3.63) is 24.0 Å². The van der Waals surface area contributed by atoms with Gasteiger partial charge >= 0.3 is 0 Å². The molecule has 1 aliphatic rings. The van der Waals surface area contributed by atoms with E-state index >= 15 is 0 Å². The summed E-state index contributed by atoms with van der Waals surface area (Å²) in [6.07, 6.45) is 1.68. The van der Waals surface area contributed by atoms with E-state index in [4.69, 9.17) is 11.1 Å². The largest absolute Gasteiger partial charge is 0.382 e. The fraction of sp³-hybridized carbons (Fsp3) is 0.538. The van der Waals surface area contributed by atoms with Gasteiger partial charge in [-0.15, -0.1) is 0 Å². The molecule has 5 heteroatoms. The van der Waals surface area contributed by atoms with Gasteiger partial charge in [-0.2, -0.15) is 0 Å². The summed E-state index contributed by atoms with van der Waals surface area (Å²) >= 11 is 0. The van der Waals surface area contributed by atoms with Crippen LogP contribution in [0.15, 0.2) is 18.3 Å². The van der Waals surface area contributed by atoms with E-state index in [2.05, 4.69) is 35.7 Å². The van der Waals surface area contributed by atoms with Crippen molar-refractivity contribution in [2.75, 3.05) is 25.0 Å². The van der Waals surface area contributed by atoms with Crippen molar-refractivity contribution in [3.63, 3.8) is 0 Å². The van der Waals surface area contributed by atoms with Gasteiger partial charge < -0.3 is 10.6 Å². The lowest BCUT2D eigenvalue weighted by Crippen LogP contribution is -2.55. The fourth-order valence-electron chi connectivity index (χ4n) is 2.46. The minimum absolute atomic E-state index is 0.0323. The summed E-state index contributed by atoms with van der Waals surface area (Å²) in [6, 6.07) is 4.85. The van der Waals surface area contributed by atoms with Gasteiger partial charge in [0.05, 0.1) is 5.69 Å². The third kappa shape index (κ3) is 2.31. The normalized spacial score (nSPS) is 25.2. The maximum atomic E-state index is 7.61. The molecular weight excluding hydrogens is 226 g/mol. The molecule has 5 nitrogen and oxygen atoms in total. The third-order valence-corrected chi connectivity index (χ3v) is 3.74. The molecule has 1 aliphatic heterocycles. The Morgan fingerprint density at radius 3 is 2.56 bits per heavy atom. The maximum Gasteiger partial charge on any atom is 0.143 e. The van der Waals surface area contributed by atoms with Crippen molar-refractivity contribution in [1.82, 2.24) is 9.88 Å². The maximum absolute atomic E-state index is 7.61. The van der Waals surface area contributed by atoms with Crippen LogP contribution in [-0.2, 0) is 0 Å². The van der Waals surface area contributed by atoms with Gasteiger partial charge in [-0.25, -0.2) is 0 Å². The second-order valence-corrected chi connectivity index (χ2v) is 5.05. The molecule has 0 amide bonds. The summed E-state index contributed by atoms with van der Waals surface area (Å²) in [5.41, 5.74) is 7.16. The van der Waals surface area contributed by atoms with Gasteiger partial charge in [-0.05, 0) is 33.0 Å². The monoisotopic (exact) mass is 247 g/mol. The molecule has 1 aromatic rings. The summed E-state index contributed by atoms with van der Waals surface area (Å²) in [5, 5.41) is 7.61. The Labute approximate surface area is 108 Å². The van der Waals surface area contributed by atoms with Crippen LogP contribution in [0.3, 0.4) is 0 Å². The summed E-state index contributed by atoms with van der Waals surface area (Å²) in [7, 11) is 2.15. The summed E-state index contributed by atoms with van der Waals surface area (Å²) in [6.45, 7) is 6.30. The highest BCUT2D eigenvalue weighted by molar-refractivity contribution is 5.98. The number of piperazine rings is 1. The number of nitrogen functional groups attached to an aromatic ring is 1. The van der Waals surface area contributed by atoms with E-state index in [9.17, 15) is 0 Å². The second kappa shape index (κ2) is 4.94. The zero-order valence-electron chi connectivity index (χ0n) is 11.2. The molecule has 98 valence electrons. The van der Waals surface area contributed by atoms with Crippen LogP contribution in [0, 0.1) is 5.41 Å². The van der Waals surface area contributed by atoms with Crippen molar-refractivity contribution in [2.45, 2.75) is 25.9 Å². The lowest BCUT2D eigenvalue weighted by Gasteiger charge is -2.43. The number of nitrogens with two attached hydrogens (primary N) is 1. The van der Waals surface area contributed by atoms with Crippen LogP contribution in [0.4, 0.5) is 5.69 Å². The van der Waals surface area contributed by atoms with Crippen LogP contribution in [0.2, 0.25) is 0 Å². The number of rotatable bonds is 2. The zero-order chi connectivity index (χ0) is 13.3. The number of aromatic nitrogens is 1. The average Bonchev–Trinajstić information content (AvgIpc) is 2.35. The summed E-state index contributed by atoms with van der Waals surface area (Å²) in [4.78, 5) is 8.87. The number of pyridine rings is 1. The van der Waals surface area contributed by atoms with Crippen molar-refractivity contribution in [2.24, 2.45) is 5.73 Å². The Morgan fingerprint density at radius 1 is 1.39 bits per heavy atom. The highest BCUT2D eigenvalue weighted by Crippen LogP contribution is 2.23. The van der Waals surface area contributed by atoms with Crippen LogP contribution in [0.25, 0.3) is 0 Å². The Morgan fingerprint density at radius 2 is 2.00 bits per heavy atom. The molecule has 1 fully saturated rings. The minimum atomic E-state index is 0.0323. The smallest absolute Gasteiger partial charge is 0.143 e. The minimum Gasteiger partial charge on any atom is -0.382 e. The van der Waals surface area contributed by atoms with Crippen molar-refractivity contribution < 1.29 is 0 Å². The summed E-state index contributed by atoms with van der Waals surface area (Å²) < 4.78 is 0. The number of nitrogens with one attached hydrogen (secondary N) is 1. The zero-order valence-corrected chi connectivity index (χ0v) is 11.2. The first-order chi connectivity index (χ1) is 8.50.